The van der Waals surface area contributed by atoms with Crippen LogP contribution in [0.1, 0.15) is 27.9 Å². The molecule has 1 saturated heterocycles. The number of nitrogens with zero attached hydrogens (tertiary/aromatic N) is 3. The predicted molar refractivity (Wildman–Crippen MR) is 114 cm³/mol. The second-order valence-electron chi connectivity index (χ2n) is 7.47. The zero-order chi connectivity index (χ0) is 20.1. The quantitative estimate of drug-likeness (QED) is 0.715. The molecule has 0 bridgehead atoms. The van der Waals surface area contributed by atoms with Gasteiger partial charge in [-0.2, -0.15) is 0 Å². The first-order valence-electron chi connectivity index (χ1n) is 10.00. The Balaban J connectivity index is 1.33. The third kappa shape index (κ3) is 5.03. The normalized spacial score (nSPS) is 15.1. The van der Waals surface area contributed by atoms with Crippen molar-refractivity contribution in [1.29, 1.82) is 0 Å². The highest BCUT2D eigenvalue weighted by atomic mass is 16.3. The number of aryl methyl sites for hydroxylation is 1. The van der Waals surface area contributed by atoms with Crippen LogP contribution in [-0.4, -0.2) is 42.0 Å². The number of furan rings is 1. The number of carbonyl (C=O) groups is 1. The number of hydrogen-bond acceptors (Lipinski definition) is 5. The molecule has 0 spiro atoms. The van der Waals surface area contributed by atoms with Gasteiger partial charge in [0.25, 0.3) is 5.91 Å². The highest BCUT2D eigenvalue weighted by Gasteiger charge is 2.16. The highest BCUT2D eigenvalue weighted by Crippen LogP contribution is 2.18. The zero-order valence-electron chi connectivity index (χ0n) is 16.7. The molecule has 1 fully saturated rings. The van der Waals surface area contributed by atoms with Crippen molar-refractivity contribution in [1.82, 2.24) is 9.88 Å². The molecule has 29 heavy (non-hydrogen) atoms. The molecule has 0 atom stereocenters. The lowest BCUT2D eigenvalue weighted by Gasteiger charge is -2.22. The molecular formula is C23H26N4O2. The Labute approximate surface area is 171 Å². The van der Waals surface area contributed by atoms with Gasteiger partial charge in [0.1, 0.15) is 5.82 Å². The van der Waals surface area contributed by atoms with Gasteiger partial charge in [-0.25, -0.2) is 4.98 Å². The summed E-state index contributed by atoms with van der Waals surface area (Å²) in [6.07, 6.45) is 6.36. The van der Waals surface area contributed by atoms with Crippen molar-refractivity contribution in [3.05, 3.63) is 77.9 Å². The smallest absolute Gasteiger partial charge is 0.255 e. The van der Waals surface area contributed by atoms with Gasteiger partial charge in [0.15, 0.2) is 0 Å². The first kappa shape index (κ1) is 19.2. The molecule has 1 aliphatic heterocycles. The van der Waals surface area contributed by atoms with E-state index in [1.807, 2.05) is 55.7 Å². The standard InChI is InChI=1S/C23H26N4O2/c1-18-3-5-20(6-4-18)23(28)25-21-7-8-22(24-15-21)27-11-2-10-26(12-13-27)16-19-9-14-29-17-19/h3-9,14-15,17H,2,10-13,16H2,1H3,(H,25,28). The summed E-state index contributed by atoms with van der Waals surface area (Å²) < 4.78 is 5.17. The maximum atomic E-state index is 12.4. The summed E-state index contributed by atoms with van der Waals surface area (Å²) in [5, 5.41) is 2.91. The number of anilines is 2. The van der Waals surface area contributed by atoms with E-state index in [-0.39, 0.29) is 5.91 Å². The van der Waals surface area contributed by atoms with Crippen LogP contribution in [0.2, 0.25) is 0 Å². The molecule has 3 aromatic rings. The van der Waals surface area contributed by atoms with Crippen molar-refractivity contribution in [3.8, 4) is 0 Å². The molecular weight excluding hydrogens is 364 g/mol. The SMILES string of the molecule is Cc1ccc(C(=O)Nc2ccc(N3CCCN(Cc4ccoc4)CC3)nc2)cc1. The van der Waals surface area contributed by atoms with E-state index in [0.29, 0.717) is 11.3 Å². The topological polar surface area (TPSA) is 61.6 Å². The van der Waals surface area contributed by atoms with Crippen LogP contribution < -0.4 is 10.2 Å². The number of benzene rings is 1. The lowest BCUT2D eigenvalue weighted by Crippen LogP contribution is -2.30. The van der Waals surface area contributed by atoms with Crippen LogP contribution in [0, 0.1) is 6.92 Å². The van der Waals surface area contributed by atoms with Crippen molar-refractivity contribution in [2.24, 2.45) is 0 Å². The fraction of sp³-hybridized carbons (Fsp3) is 0.304. The Morgan fingerprint density at radius 3 is 2.66 bits per heavy atom. The Morgan fingerprint density at radius 1 is 1.07 bits per heavy atom. The third-order valence-corrected chi connectivity index (χ3v) is 5.22. The van der Waals surface area contributed by atoms with Crippen molar-refractivity contribution < 1.29 is 9.21 Å². The van der Waals surface area contributed by atoms with Gasteiger partial charge in [-0.3, -0.25) is 9.69 Å². The van der Waals surface area contributed by atoms with Gasteiger partial charge in [0.05, 0.1) is 24.4 Å². The van der Waals surface area contributed by atoms with E-state index in [2.05, 4.69) is 20.1 Å². The lowest BCUT2D eigenvalue weighted by molar-refractivity contribution is 0.102. The van der Waals surface area contributed by atoms with Crippen LogP contribution in [0.4, 0.5) is 11.5 Å². The molecule has 6 heteroatoms. The fourth-order valence-corrected chi connectivity index (χ4v) is 3.55. The Morgan fingerprint density at radius 2 is 1.93 bits per heavy atom. The monoisotopic (exact) mass is 390 g/mol. The van der Waals surface area contributed by atoms with E-state index in [1.165, 1.54) is 5.56 Å². The molecule has 150 valence electrons. The van der Waals surface area contributed by atoms with E-state index in [1.54, 1.807) is 12.5 Å². The van der Waals surface area contributed by atoms with E-state index in [4.69, 9.17) is 4.42 Å². The largest absolute Gasteiger partial charge is 0.472 e. The molecule has 1 aliphatic rings. The molecule has 1 amide bonds. The van der Waals surface area contributed by atoms with Crippen LogP contribution in [0.15, 0.2) is 65.6 Å². The van der Waals surface area contributed by atoms with E-state index >= 15 is 0 Å². The minimum atomic E-state index is -0.121. The number of amides is 1. The average Bonchev–Trinajstić information content (AvgIpc) is 3.13. The molecule has 0 radical (unpaired) electrons. The first-order chi connectivity index (χ1) is 14.2. The lowest BCUT2D eigenvalue weighted by atomic mass is 10.1. The van der Waals surface area contributed by atoms with Crippen LogP contribution in [-0.2, 0) is 6.54 Å². The van der Waals surface area contributed by atoms with Crippen LogP contribution >= 0.6 is 0 Å². The summed E-state index contributed by atoms with van der Waals surface area (Å²) >= 11 is 0. The fourth-order valence-electron chi connectivity index (χ4n) is 3.55. The second-order valence-corrected chi connectivity index (χ2v) is 7.47. The van der Waals surface area contributed by atoms with Gasteiger partial charge in [-0.05, 0) is 43.7 Å². The Kier molecular flexibility index (Phi) is 5.91. The summed E-state index contributed by atoms with van der Waals surface area (Å²) in [4.78, 5) is 21.7. The van der Waals surface area contributed by atoms with Crippen LogP contribution in [0.5, 0.6) is 0 Å². The van der Waals surface area contributed by atoms with Crippen LogP contribution in [0.3, 0.4) is 0 Å². The molecule has 0 aliphatic carbocycles. The van der Waals surface area contributed by atoms with E-state index in [9.17, 15) is 4.79 Å². The van der Waals surface area contributed by atoms with Crippen molar-refractivity contribution >= 4 is 17.4 Å². The van der Waals surface area contributed by atoms with E-state index in [0.717, 1.165) is 50.5 Å². The summed E-state index contributed by atoms with van der Waals surface area (Å²) in [6.45, 7) is 6.88. The van der Waals surface area contributed by atoms with Gasteiger partial charge < -0.3 is 14.6 Å². The average molecular weight is 390 g/mol. The predicted octanol–water partition coefficient (Wildman–Crippen LogP) is 3.95. The van der Waals surface area contributed by atoms with Gasteiger partial charge in [-0.1, -0.05) is 17.7 Å². The van der Waals surface area contributed by atoms with Crippen molar-refractivity contribution in [2.45, 2.75) is 19.9 Å². The van der Waals surface area contributed by atoms with Crippen molar-refractivity contribution in [3.63, 3.8) is 0 Å². The maximum absolute atomic E-state index is 12.4. The van der Waals surface area contributed by atoms with Gasteiger partial charge in [-0.15, -0.1) is 0 Å². The summed E-state index contributed by atoms with van der Waals surface area (Å²) in [5.41, 5.74) is 3.69. The molecule has 0 unspecified atom stereocenters. The van der Waals surface area contributed by atoms with Crippen molar-refractivity contribution in [2.75, 3.05) is 36.4 Å². The van der Waals surface area contributed by atoms with Gasteiger partial charge in [0, 0.05) is 43.9 Å². The molecule has 6 nitrogen and oxygen atoms in total. The Hall–Kier alpha value is -3.12. The zero-order valence-corrected chi connectivity index (χ0v) is 16.7. The number of pyridine rings is 1. The summed E-state index contributed by atoms with van der Waals surface area (Å²) in [6, 6.07) is 13.5. The third-order valence-electron chi connectivity index (χ3n) is 5.22. The Bertz CT molecular complexity index is 921. The molecule has 4 rings (SSSR count). The molecule has 0 saturated carbocycles. The number of nitrogens with one attached hydrogen (secondary N) is 1. The molecule has 1 N–H and O–H groups in total. The summed E-state index contributed by atoms with van der Waals surface area (Å²) in [5.74, 6) is 0.827. The van der Waals surface area contributed by atoms with E-state index < -0.39 is 0 Å². The maximum Gasteiger partial charge on any atom is 0.255 e. The van der Waals surface area contributed by atoms with Gasteiger partial charge in [0.2, 0.25) is 0 Å². The molecule has 3 heterocycles. The minimum absolute atomic E-state index is 0.121. The minimum Gasteiger partial charge on any atom is -0.472 e. The highest BCUT2D eigenvalue weighted by molar-refractivity contribution is 6.04. The first-order valence-corrected chi connectivity index (χ1v) is 10.00. The van der Waals surface area contributed by atoms with Gasteiger partial charge >= 0.3 is 0 Å². The summed E-state index contributed by atoms with van der Waals surface area (Å²) in [7, 11) is 0. The number of carbonyl (C=O) groups excluding carboxylic acids is 1. The number of hydrogen-bond donors (Lipinski definition) is 1. The molecule has 1 aromatic carbocycles. The molecule has 2 aromatic heterocycles. The van der Waals surface area contributed by atoms with Crippen LogP contribution in [0.25, 0.3) is 0 Å². The number of aromatic nitrogens is 1. The number of rotatable bonds is 5. The second kappa shape index (κ2) is 8.92.